The van der Waals surface area contributed by atoms with Gasteiger partial charge in [0.15, 0.2) is 0 Å². The van der Waals surface area contributed by atoms with E-state index < -0.39 is 0 Å². The quantitative estimate of drug-likeness (QED) is 0.0755. The van der Waals surface area contributed by atoms with E-state index in [1.54, 1.807) is 0 Å². The number of anilines is 2. The molecule has 1 heteroatoms. The van der Waals surface area contributed by atoms with Crippen LogP contribution in [0.3, 0.4) is 0 Å². The van der Waals surface area contributed by atoms with Crippen LogP contribution in [0.15, 0.2) is 273 Å². The zero-order valence-electron chi connectivity index (χ0n) is 39.5. The van der Waals surface area contributed by atoms with Crippen molar-refractivity contribution < 1.29 is 0 Å². The minimum atomic E-state index is -0.314. The summed E-state index contributed by atoms with van der Waals surface area (Å²) in [5.74, 6) is -0.0694. The van der Waals surface area contributed by atoms with Crippen molar-refractivity contribution in [3.8, 4) is 0 Å². The molecule has 0 N–H and O–H groups in total. The maximum absolute atomic E-state index is 4.45. The molecule has 330 valence electrons. The van der Waals surface area contributed by atoms with E-state index in [1.165, 1.54) is 55.7 Å². The molecule has 0 saturated carbocycles. The predicted molar refractivity (Wildman–Crippen MR) is 289 cm³/mol. The normalized spacial score (nSPS) is 20.0. The van der Waals surface area contributed by atoms with E-state index in [1.807, 2.05) is 43.4 Å². The first kappa shape index (κ1) is 46.8. The molecule has 2 atom stereocenters. The van der Waals surface area contributed by atoms with E-state index in [0.29, 0.717) is 0 Å². The molecule has 0 saturated heterocycles. The lowest BCUT2D eigenvalue weighted by Crippen LogP contribution is -2.27. The summed E-state index contributed by atoms with van der Waals surface area (Å²) in [6.07, 6.45) is 44.5. The Morgan fingerprint density at radius 3 is 2.26 bits per heavy atom. The van der Waals surface area contributed by atoms with Crippen LogP contribution < -0.4 is 4.90 Å². The van der Waals surface area contributed by atoms with Crippen LogP contribution in [0.4, 0.5) is 11.4 Å². The van der Waals surface area contributed by atoms with E-state index in [4.69, 9.17) is 0 Å². The molecule has 0 radical (unpaired) electrons. The molecule has 3 aliphatic carbocycles. The first-order valence-electron chi connectivity index (χ1n) is 23.4. The predicted octanol–water partition coefficient (Wildman–Crippen LogP) is 17.9. The highest BCUT2D eigenvalue weighted by Crippen LogP contribution is 2.56. The van der Waals surface area contributed by atoms with Crippen LogP contribution in [0.25, 0.3) is 11.1 Å². The van der Waals surface area contributed by atoms with Crippen LogP contribution in [0.1, 0.15) is 87.1 Å². The molecule has 0 amide bonds. The fraction of sp³-hybridized carbons (Fsp3) is 0.169. The Balaban J connectivity index is 1.42. The second-order valence-corrected chi connectivity index (χ2v) is 17.9. The van der Waals surface area contributed by atoms with Gasteiger partial charge >= 0.3 is 0 Å². The number of allylic oxidation sites excluding steroid dienone is 25. The van der Waals surface area contributed by atoms with Crippen LogP contribution in [-0.4, -0.2) is 0 Å². The van der Waals surface area contributed by atoms with Gasteiger partial charge in [0, 0.05) is 22.7 Å². The van der Waals surface area contributed by atoms with Crippen molar-refractivity contribution in [3.05, 3.63) is 301 Å². The molecule has 0 fully saturated rings. The number of para-hydroxylation sites is 1. The van der Waals surface area contributed by atoms with Crippen molar-refractivity contribution in [2.24, 2.45) is 5.41 Å². The van der Waals surface area contributed by atoms with E-state index in [2.05, 4.69) is 234 Å². The average Bonchev–Trinajstić information content (AvgIpc) is 3.63. The number of benzene rings is 4. The molecular formula is C65H65N. The summed E-state index contributed by atoms with van der Waals surface area (Å²) >= 11 is 0. The summed E-state index contributed by atoms with van der Waals surface area (Å²) < 4.78 is 0. The molecule has 0 aromatic heterocycles. The van der Waals surface area contributed by atoms with Crippen LogP contribution >= 0.6 is 0 Å². The monoisotopic (exact) mass is 860 g/mol. The highest BCUT2D eigenvalue weighted by atomic mass is 15.1. The molecule has 3 aliphatic rings. The number of fused-ring (bicyclic) bond motifs is 1. The van der Waals surface area contributed by atoms with Crippen LogP contribution in [0, 0.1) is 5.41 Å². The van der Waals surface area contributed by atoms with Crippen molar-refractivity contribution in [1.29, 1.82) is 0 Å². The number of hydrogen-bond donors (Lipinski definition) is 0. The molecule has 2 unspecified atom stereocenters. The fourth-order valence-electron chi connectivity index (χ4n) is 10.0. The van der Waals surface area contributed by atoms with Gasteiger partial charge in [-0.25, -0.2) is 0 Å². The minimum absolute atomic E-state index is 0.0373. The third-order valence-corrected chi connectivity index (χ3v) is 13.2. The highest BCUT2D eigenvalue weighted by molar-refractivity contribution is 5.82. The average molecular weight is 860 g/mol. The van der Waals surface area contributed by atoms with E-state index in [0.717, 1.165) is 48.3 Å². The van der Waals surface area contributed by atoms with Crippen molar-refractivity contribution in [2.45, 2.75) is 64.7 Å². The van der Waals surface area contributed by atoms with Gasteiger partial charge in [-0.3, -0.25) is 0 Å². The van der Waals surface area contributed by atoms with E-state index in [9.17, 15) is 0 Å². The molecule has 0 heterocycles. The van der Waals surface area contributed by atoms with Crippen LogP contribution in [-0.2, 0) is 5.41 Å². The Kier molecular flexibility index (Phi) is 15.3. The Morgan fingerprint density at radius 2 is 1.52 bits per heavy atom. The lowest BCUT2D eigenvalue weighted by molar-refractivity contribution is 0.478. The van der Waals surface area contributed by atoms with Crippen LogP contribution in [0.2, 0.25) is 0 Å². The topological polar surface area (TPSA) is 3.24 Å². The molecule has 4 aromatic carbocycles. The number of hydrogen-bond acceptors (Lipinski definition) is 1. The Hall–Kier alpha value is -7.22. The Morgan fingerprint density at radius 1 is 0.758 bits per heavy atom. The van der Waals surface area contributed by atoms with Gasteiger partial charge in [-0.2, -0.15) is 0 Å². The summed E-state index contributed by atoms with van der Waals surface area (Å²) in [5, 5.41) is 0. The second-order valence-electron chi connectivity index (χ2n) is 17.9. The summed E-state index contributed by atoms with van der Waals surface area (Å²) in [5.41, 5.74) is 16.6. The molecule has 1 nitrogen and oxygen atoms in total. The zero-order valence-corrected chi connectivity index (χ0v) is 39.5. The standard InChI is InChI=1S/C65H65N/c1-9-14-16-21-30-49(6)50-40-44-57(45-41-50)66(56(11-3)43-42-52-47-64(7,8)61(13-5)58(52)12-4)63-39-29-27-37-60(63)51(31-20-15-10-2)46-53-48-65(55-34-24-19-25-35-55,54-32-22-17-18-23-33-54)62-38-28-26-36-59(53)62/h9-14,16-32,34-46,51H,2-5,15,33,47-48H2,1,6-8H3/b14-9-,21-16-,31-20-,49-30+,52-42+,53-46-,56-43+. The van der Waals surface area contributed by atoms with Gasteiger partial charge in [0.05, 0.1) is 5.69 Å². The minimum Gasteiger partial charge on any atom is -0.310 e. The summed E-state index contributed by atoms with van der Waals surface area (Å²) in [6.45, 7) is 25.7. The van der Waals surface area contributed by atoms with Crippen molar-refractivity contribution in [3.63, 3.8) is 0 Å². The largest absolute Gasteiger partial charge is 0.310 e. The maximum Gasteiger partial charge on any atom is 0.0502 e. The van der Waals surface area contributed by atoms with E-state index in [-0.39, 0.29) is 16.7 Å². The smallest absolute Gasteiger partial charge is 0.0502 e. The van der Waals surface area contributed by atoms with Gasteiger partial charge in [0.25, 0.3) is 0 Å². The first-order chi connectivity index (χ1) is 32.2. The summed E-state index contributed by atoms with van der Waals surface area (Å²) in [6, 6.07) is 38.0. The van der Waals surface area contributed by atoms with Gasteiger partial charge < -0.3 is 4.90 Å². The highest BCUT2D eigenvalue weighted by Gasteiger charge is 2.45. The van der Waals surface area contributed by atoms with E-state index >= 15 is 0 Å². The van der Waals surface area contributed by atoms with Gasteiger partial charge in [-0.1, -0.05) is 227 Å². The third-order valence-electron chi connectivity index (χ3n) is 13.2. The Bertz CT molecular complexity index is 2790. The van der Waals surface area contributed by atoms with Gasteiger partial charge in [0.2, 0.25) is 0 Å². The van der Waals surface area contributed by atoms with Gasteiger partial charge in [-0.15, -0.1) is 6.58 Å². The zero-order chi connectivity index (χ0) is 46.5. The molecule has 0 aliphatic heterocycles. The van der Waals surface area contributed by atoms with Crippen molar-refractivity contribution >= 4 is 22.5 Å². The molecular weight excluding hydrogens is 795 g/mol. The van der Waals surface area contributed by atoms with Gasteiger partial charge in [0.1, 0.15) is 0 Å². The lowest BCUT2D eigenvalue weighted by Gasteiger charge is -2.34. The summed E-state index contributed by atoms with van der Waals surface area (Å²) in [4.78, 5) is 2.37. The number of nitrogens with zero attached hydrogens (tertiary/aromatic N) is 1. The Labute approximate surface area is 396 Å². The first-order valence-corrected chi connectivity index (χ1v) is 23.4. The summed E-state index contributed by atoms with van der Waals surface area (Å²) in [7, 11) is 0. The SMILES string of the molecule is C=CC/C=C\C(/C=C1/CC(C2=CC=CC=CC2)(c2ccccc2)c2ccccc21)c1ccccc1N(/C(C=C)=C/C=C1\CC(C)(C)C(C=C)=C1C=C)c1ccc(/C(C)=C/C=C\C=C/C)cc1. The van der Waals surface area contributed by atoms with Crippen LogP contribution in [0.5, 0.6) is 0 Å². The molecule has 7 rings (SSSR count). The van der Waals surface area contributed by atoms with Gasteiger partial charge in [-0.05, 0) is 131 Å². The van der Waals surface area contributed by atoms with Crippen molar-refractivity contribution in [2.75, 3.05) is 4.90 Å². The number of rotatable bonds is 17. The molecule has 66 heavy (non-hydrogen) atoms. The lowest BCUT2D eigenvalue weighted by atomic mass is 9.68. The third kappa shape index (κ3) is 9.87. The van der Waals surface area contributed by atoms with Crippen molar-refractivity contribution in [1.82, 2.24) is 0 Å². The second kappa shape index (κ2) is 21.6. The molecule has 0 spiro atoms. The maximum atomic E-state index is 4.45. The molecule has 0 bridgehead atoms. The fourth-order valence-corrected chi connectivity index (χ4v) is 10.0. The molecule has 4 aromatic rings.